The first kappa shape index (κ1) is 15.9. The maximum atomic E-state index is 11.8. The van der Waals surface area contributed by atoms with Crippen molar-refractivity contribution in [2.75, 3.05) is 20.3 Å². The van der Waals surface area contributed by atoms with Gasteiger partial charge in [-0.15, -0.1) is 13.2 Å². The highest BCUT2D eigenvalue weighted by Gasteiger charge is 2.28. The highest BCUT2D eigenvalue weighted by molar-refractivity contribution is 5.97. The summed E-state index contributed by atoms with van der Waals surface area (Å²) in [6.07, 6.45) is -4.69. The van der Waals surface area contributed by atoms with Crippen molar-refractivity contribution in [2.24, 2.45) is 10.9 Å². The van der Waals surface area contributed by atoms with E-state index in [9.17, 15) is 13.2 Å². The van der Waals surface area contributed by atoms with Crippen LogP contribution in [0.1, 0.15) is 5.56 Å². The number of hydrogen-bond donors (Lipinski definition) is 2. The zero-order valence-electron chi connectivity index (χ0n) is 10.5. The second-order valence-electron chi connectivity index (χ2n) is 3.49. The van der Waals surface area contributed by atoms with Crippen LogP contribution in [0.4, 0.5) is 13.2 Å². The van der Waals surface area contributed by atoms with Crippen molar-refractivity contribution in [1.82, 2.24) is 0 Å². The van der Waals surface area contributed by atoms with E-state index in [4.69, 9.17) is 20.4 Å². The minimum Gasteiger partial charge on any atom is -0.493 e. The van der Waals surface area contributed by atoms with Gasteiger partial charge in [0.05, 0.1) is 13.7 Å². The molecule has 9 heteroatoms. The predicted octanol–water partition coefficient (Wildman–Crippen LogP) is 1.70. The molecule has 1 rings (SSSR count). The number of methoxy groups -OCH3 is 1. The minimum atomic E-state index is -4.69. The van der Waals surface area contributed by atoms with Gasteiger partial charge in [0.1, 0.15) is 6.61 Å². The van der Waals surface area contributed by atoms with Gasteiger partial charge in [-0.3, -0.25) is 4.74 Å². The van der Waals surface area contributed by atoms with Crippen molar-refractivity contribution >= 4 is 5.84 Å². The molecule has 0 fully saturated rings. The van der Waals surface area contributed by atoms with Crippen LogP contribution in [0.3, 0.4) is 0 Å². The second kappa shape index (κ2) is 6.85. The summed E-state index contributed by atoms with van der Waals surface area (Å²) in [5, 5.41) is 11.4. The number of nitrogens with two attached hydrogens (primary N) is 1. The summed E-state index contributed by atoms with van der Waals surface area (Å²) in [7, 11) is 1.35. The van der Waals surface area contributed by atoms with Gasteiger partial charge in [-0.05, 0) is 18.2 Å². The third-order valence-electron chi connectivity index (χ3n) is 2.17. The number of nitrogens with zero attached hydrogens (tertiary/aromatic N) is 1. The van der Waals surface area contributed by atoms with E-state index in [2.05, 4.69) is 9.89 Å². The molecule has 3 N–H and O–H groups in total. The van der Waals surface area contributed by atoms with E-state index in [0.717, 1.165) is 0 Å². The SMILES string of the molecule is COc1cc(C(N)=NO)ccc1OCCOC(F)(F)F. The predicted molar refractivity (Wildman–Crippen MR) is 63.0 cm³/mol. The summed E-state index contributed by atoms with van der Waals surface area (Å²) in [5.74, 6) is 0.323. The van der Waals surface area contributed by atoms with Gasteiger partial charge in [0, 0.05) is 5.56 Å². The fourth-order valence-corrected chi connectivity index (χ4v) is 1.31. The Morgan fingerprint density at radius 3 is 2.55 bits per heavy atom. The molecule has 6 nitrogen and oxygen atoms in total. The molecule has 0 aliphatic carbocycles. The highest BCUT2D eigenvalue weighted by atomic mass is 19.4. The van der Waals surface area contributed by atoms with Gasteiger partial charge in [-0.25, -0.2) is 0 Å². The number of amidine groups is 1. The van der Waals surface area contributed by atoms with Crippen LogP contribution in [0.25, 0.3) is 0 Å². The molecule has 1 aromatic rings. The molecule has 112 valence electrons. The molecule has 0 amide bonds. The number of oxime groups is 1. The third-order valence-corrected chi connectivity index (χ3v) is 2.17. The number of ether oxygens (including phenoxy) is 3. The van der Waals surface area contributed by atoms with Gasteiger partial charge >= 0.3 is 6.36 Å². The first-order valence-corrected chi connectivity index (χ1v) is 5.37. The van der Waals surface area contributed by atoms with Crippen LogP contribution in [-0.4, -0.2) is 37.7 Å². The Morgan fingerprint density at radius 1 is 1.30 bits per heavy atom. The standard InChI is InChI=1S/C11H13F3N2O4/c1-18-9-6-7(10(15)16-17)2-3-8(9)19-4-5-20-11(12,13)14/h2-3,6,17H,4-5H2,1H3,(H2,15,16). The summed E-state index contributed by atoms with van der Waals surface area (Å²) < 4.78 is 48.9. The third kappa shape index (κ3) is 4.84. The Bertz CT molecular complexity index is 477. The molecule has 1 aromatic carbocycles. The first-order chi connectivity index (χ1) is 9.37. The van der Waals surface area contributed by atoms with E-state index in [0.29, 0.717) is 5.56 Å². The fraction of sp³-hybridized carbons (Fsp3) is 0.364. The lowest BCUT2D eigenvalue weighted by molar-refractivity contribution is -0.325. The van der Waals surface area contributed by atoms with Crippen LogP contribution < -0.4 is 15.2 Å². The largest absolute Gasteiger partial charge is 0.522 e. The number of benzene rings is 1. The molecular weight excluding hydrogens is 281 g/mol. The number of halogens is 3. The zero-order valence-corrected chi connectivity index (χ0v) is 10.5. The van der Waals surface area contributed by atoms with Crippen LogP contribution in [0.15, 0.2) is 23.4 Å². The monoisotopic (exact) mass is 294 g/mol. The molecule has 0 heterocycles. The molecule has 0 aliphatic heterocycles. The molecule has 0 atom stereocenters. The normalized spacial score (nSPS) is 12.3. The Morgan fingerprint density at radius 2 is 2.00 bits per heavy atom. The van der Waals surface area contributed by atoms with Gasteiger partial charge in [0.2, 0.25) is 0 Å². The van der Waals surface area contributed by atoms with Gasteiger partial charge in [0.25, 0.3) is 0 Å². The molecule has 0 spiro atoms. The van der Waals surface area contributed by atoms with E-state index >= 15 is 0 Å². The highest BCUT2D eigenvalue weighted by Crippen LogP contribution is 2.28. The van der Waals surface area contributed by atoms with Crippen molar-refractivity contribution in [3.63, 3.8) is 0 Å². The van der Waals surface area contributed by atoms with Crippen LogP contribution in [0, 0.1) is 0 Å². The molecule has 20 heavy (non-hydrogen) atoms. The van der Waals surface area contributed by atoms with Crippen molar-refractivity contribution < 1.29 is 32.6 Å². The average molecular weight is 294 g/mol. The quantitative estimate of drug-likeness (QED) is 0.274. The van der Waals surface area contributed by atoms with Crippen LogP contribution in [0.2, 0.25) is 0 Å². The van der Waals surface area contributed by atoms with Gasteiger partial charge in [-0.1, -0.05) is 5.16 Å². The molecule has 0 aromatic heterocycles. The Balaban J connectivity index is 2.67. The van der Waals surface area contributed by atoms with E-state index in [1.165, 1.54) is 25.3 Å². The first-order valence-electron chi connectivity index (χ1n) is 5.37. The maximum Gasteiger partial charge on any atom is 0.522 e. The summed E-state index contributed by atoms with van der Waals surface area (Å²) in [6, 6.07) is 4.33. The van der Waals surface area contributed by atoms with Gasteiger partial charge < -0.3 is 20.4 Å². The van der Waals surface area contributed by atoms with E-state index in [1.807, 2.05) is 0 Å². The molecule has 0 unspecified atom stereocenters. The number of hydrogen-bond acceptors (Lipinski definition) is 5. The Labute approximate surface area is 112 Å². The minimum absolute atomic E-state index is 0.129. The molecule has 0 saturated heterocycles. The van der Waals surface area contributed by atoms with Crippen molar-refractivity contribution in [3.8, 4) is 11.5 Å². The maximum absolute atomic E-state index is 11.8. The van der Waals surface area contributed by atoms with Gasteiger partial charge in [0.15, 0.2) is 17.3 Å². The Hall–Kier alpha value is -2.16. The van der Waals surface area contributed by atoms with Gasteiger partial charge in [-0.2, -0.15) is 0 Å². The lowest BCUT2D eigenvalue weighted by atomic mass is 10.2. The molecular formula is C11H13F3N2O4. The smallest absolute Gasteiger partial charge is 0.493 e. The summed E-state index contributed by atoms with van der Waals surface area (Å²) >= 11 is 0. The zero-order chi connectivity index (χ0) is 15.2. The lowest BCUT2D eigenvalue weighted by Gasteiger charge is -2.12. The van der Waals surface area contributed by atoms with Crippen LogP contribution in [0.5, 0.6) is 11.5 Å². The van der Waals surface area contributed by atoms with E-state index in [-0.39, 0.29) is 23.9 Å². The van der Waals surface area contributed by atoms with Crippen molar-refractivity contribution in [3.05, 3.63) is 23.8 Å². The van der Waals surface area contributed by atoms with Crippen LogP contribution in [-0.2, 0) is 4.74 Å². The fourth-order valence-electron chi connectivity index (χ4n) is 1.31. The molecule has 0 aliphatic rings. The van der Waals surface area contributed by atoms with E-state index < -0.39 is 13.0 Å². The summed E-state index contributed by atoms with van der Waals surface area (Å²) in [4.78, 5) is 0. The van der Waals surface area contributed by atoms with Crippen molar-refractivity contribution in [1.29, 1.82) is 0 Å². The summed E-state index contributed by atoms with van der Waals surface area (Å²) in [5.41, 5.74) is 5.77. The second-order valence-corrected chi connectivity index (χ2v) is 3.49. The van der Waals surface area contributed by atoms with Crippen LogP contribution >= 0.6 is 0 Å². The van der Waals surface area contributed by atoms with E-state index in [1.54, 1.807) is 0 Å². The van der Waals surface area contributed by atoms with Crippen molar-refractivity contribution in [2.45, 2.75) is 6.36 Å². The number of alkyl halides is 3. The number of rotatable bonds is 6. The molecule has 0 radical (unpaired) electrons. The Kier molecular flexibility index (Phi) is 5.44. The topological polar surface area (TPSA) is 86.3 Å². The average Bonchev–Trinajstić information content (AvgIpc) is 2.41. The molecule has 0 bridgehead atoms. The molecule has 0 saturated carbocycles. The lowest BCUT2D eigenvalue weighted by Crippen LogP contribution is -2.18. The summed E-state index contributed by atoms with van der Waals surface area (Å²) in [6.45, 7) is -0.951.